The van der Waals surface area contributed by atoms with Gasteiger partial charge >= 0.3 is 0 Å². The van der Waals surface area contributed by atoms with Crippen LogP contribution in [-0.4, -0.2) is 41.5 Å². The summed E-state index contributed by atoms with van der Waals surface area (Å²) in [4.78, 5) is 6.58. The first-order valence-corrected chi connectivity index (χ1v) is 6.72. The molecule has 1 aromatic carbocycles. The third-order valence-corrected chi connectivity index (χ3v) is 3.16. The van der Waals surface area contributed by atoms with Crippen LogP contribution >= 0.6 is 0 Å². The number of nitrogens with one attached hydrogen (secondary N) is 1. The molecule has 0 aliphatic carbocycles. The largest absolute Gasteiger partial charge is 0.378 e. The second kappa shape index (κ2) is 6.29. The molecule has 2 aromatic rings. The van der Waals surface area contributed by atoms with E-state index in [9.17, 15) is 0 Å². The molecule has 104 valence electrons. The van der Waals surface area contributed by atoms with Gasteiger partial charge in [0, 0.05) is 19.6 Å². The van der Waals surface area contributed by atoms with Gasteiger partial charge in [-0.2, -0.15) is 10.1 Å². The smallest absolute Gasteiger partial charge is 0.247 e. The van der Waals surface area contributed by atoms with Crippen LogP contribution in [0.1, 0.15) is 5.56 Å². The van der Waals surface area contributed by atoms with E-state index in [1.807, 2.05) is 18.2 Å². The van der Waals surface area contributed by atoms with Crippen LogP contribution in [0.3, 0.4) is 0 Å². The summed E-state index contributed by atoms with van der Waals surface area (Å²) in [5.74, 6) is 1.40. The van der Waals surface area contributed by atoms with Gasteiger partial charge < -0.3 is 15.0 Å². The molecule has 0 spiro atoms. The number of benzene rings is 1. The second-order valence-electron chi connectivity index (χ2n) is 4.58. The van der Waals surface area contributed by atoms with Crippen LogP contribution in [-0.2, 0) is 11.3 Å². The first kappa shape index (κ1) is 12.8. The Hall–Kier alpha value is -2.21. The van der Waals surface area contributed by atoms with E-state index in [1.165, 1.54) is 5.56 Å². The summed E-state index contributed by atoms with van der Waals surface area (Å²) < 4.78 is 5.32. The van der Waals surface area contributed by atoms with Gasteiger partial charge in [-0.25, -0.2) is 0 Å². The lowest BCUT2D eigenvalue weighted by molar-refractivity contribution is 0.122. The summed E-state index contributed by atoms with van der Waals surface area (Å²) in [6.07, 6.45) is 1.65. The van der Waals surface area contributed by atoms with Gasteiger partial charge in [0.2, 0.25) is 5.95 Å². The molecule has 1 saturated heterocycles. The first-order valence-electron chi connectivity index (χ1n) is 6.72. The lowest BCUT2D eigenvalue weighted by Gasteiger charge is -2.26. The average Bonchev–Trinajstić information content (AvgIpc) is 2.55. The van der Waals surface area contributed by atoms with Crippen molar-refractivity contribution in [1.82, 2.24) is 15.2 Å². The molecule has 1 N–H and O–H groups in total. The van der Waals surface area contributed by atoms with Crippen molar-refractivity contribution in [3.63, 3.8) is 0 Å². The zero-order valence-electron chi connectivity index (χ0n) is 11.2. The average molecular weight is 271 g/mol. The van der Waals surface area contributed by atoms with E-state index >= 15 is 0 Å². The van der Waals surface area contributed by atoms with Gasteiger partial charge in [0.15, 0.2) is 5.82 Å². The third-order valence-electron chi connectivity index (χ3n) is 3.16. The van der Waals surface area contributed by atoms with Gasteiger partial charge in [-0.05, 0) is 5.56 Å². The van der Waals surface area contributed by atoms with Gasteiger partial charge in [0.1, 0.15) is 0 Å². The Morgan fingerprint density at radius 2 is 1.95 bits per heavy atom. The number of anilines is 2. The van der Waals surface area contributed by atoms with Crippen LogP contribution in [0.5, 0.6) is 0 Å². The maximum atomic E-state index is 5.32. The third kappa shape index (κ3) is 3.21. The Morgan fingerprint density at radius 3 is 2.75 bits per heavy atom. The number of hydrogen-bond donors (Lipinski definition) is 1. The Labute approximate surface area is 117 Å². The number of nitrogens with zero attached hydrogens (tertiary/aromatic N) is 4. The number of rotatable bonds is 4. The van der Waals surface area contributed by atoms with Crippen molar-refractivity contribution in [1.29, 1.82) is 0 Å². The van der Waals surface area contributed by atoms with Crippen LogP contribution in [0, 0.1) is 0 Å². The van der Waals surface area contributed by atoms with Crippen LogP contribution in [0.25, 0.3) is 0 Å². The molecule has 0 unspecified atom stereocenters. The molecule has 20 heavy (non-hydrogen) atoms. The maximum absolute atomic E-state index is 5.32. The number of ether oxygens (including phenoxy) is 1. The summed E-state index contributed by atoms with van der Waals surface area (Å²) >= 11 is 0. The molecule has 1 fully saturated rings. The van der Waals surface area contributed by atoms with Crippen LogP contribution < -0.4 is 10.2 Å². The molecule has 0 amide bonds. The summed E-state index contributed by atoms with van der Waals surface area (Å²) in [5, 5.41) is 11.4. The van der Waals surface area contributed by atoms with Gasteiger partial charge in [0.05, 0.1) is 19.4 Å². The summed E-state index contributed by atoms with van der Waals surface area (Å²) in [5.41, 5.74) is 1.21. The van der Waals surface area contributed by atoms with Gasteiger partial charge in [-0.3, -0.25) is 0 Å². The molecule has 0 radical (unpaired) electrons. The van der Waals surface area contributed by atoms with E-state index in [-0.39, 0.29) is 0 Å². The highest BCUT2D eigenvalue weighted by Gasteiger charge is 2.14. The molecule has 3 rings (SSSR count). The Kier molecular flexibility index (Phi) is 4.03. The number of morpholine rings is 1. The molecular formula is C14H17N5O. The van der Waals surface area contributed by atoms with E-state index < -0.39 is 0 Å². The fourth-order valence-electron chi connectivity index (χ4n) is 2.07. The SMILES string of the molecule is c1ccc(CNc2cnnc(N3CCOCC3)n2)cc1. The monoisotopic (exact) mass is 271 g/mol. The molecule has 2 heterocycles. The topological polar surface area (TPSA) is 63.2 Å². The minimum Gasteiger partial charge on any atom is -0.378 e. The highest BCUT2D eigenvalue weighted by Crippen LogP contribution is 2.12. The zero-order valence-corrected chi connectivity index (χ0v) is 11.2. The van der Waals surface area contributed by atoms with Crippen molar-refractivity contribution in [3.8, 4) is 0 Å². The summed E-state index contributed by atoms with van der Waals surface area (Å²) in [7, 11) is 0. The van der Waals surface area contributed by atoms with E-state index in [0.29, 0.717) is 19.2 Å². The summed E-state index contributed by atoms with van der Waals surface area (Å²) in [6.45, 7) is 3.77. The predicted molar refractivity (Wildman–Crippen MR) is 76.6 cm³/mol. The van der Waals surface area contributed by atoms with E-state index in [2.05, 4.69) is 37.5 Å². The van der Waals surface area contributed by atoms with Crippen LogP contribution in [0.2, 0.25) is 0 Å². The fraction of sp³-hybridized carbons (Fsp3) is 0.357. The zero-order chi connectivity index (χ0) is 13.6. The van der Waals surface area contributed by atoms with Crippen molar-refractivity contribution < 1.29 is 4.74 Å². The second-order valence-corrected chi connectivity index (χ2v) is 4.58. The standard InChI is InChI=1S/C14H17N5O/c1-2-4-12(5-3-1)10-15-13-11-16-18-14(17-13)19-6-8-20-9-7-19/h1-5,11H,6-10H2,(H,15,17,18). The quantitative estimate of drug-likeness (QED) is 0.905. The minimum atomic E-state index is 0.659. The van der Waals surface area contributed by atoms with Gasteiger partial charge in [-0.15, -0.1) is 5.10 Å². The molecule has 6 heteroatoms. The number of hydrogen-bond acceptors (Lipinski definition) is 6. The molecule has 6 nitrogen and oxygen atoms in total. The fourth-order valence-corrected chi connectivity index (χ4v) is 2.07. The van der Waals surface area contributed by atoms with Crippen molar-refractivity contribution in [2.24, 2.45) is 0 Å². The van der Waals surface area contributed by atoms with Crippen LogP contribution in [0.4, 0.5) is 11.8 Å². The van der Waals surface area contributed by atoms with E-state index in [0.717, 1.165) is 25.5 Å². The predicted octanol–water partition coefficient (Wildman–Crippen LogP) is 1.32. The van der Waals surface area contributed by atoms with Gasteiger partial charge in [0.25, 0.3) is 0 Å². The maximum Gasteiger partial charge on any atom is 0.247 e. The normalized spacial score (nSPS) is 15.1. The first-order chi connectivity index (χ1) is 9.92. The Bertz CT molecular complexity index is 542. The molecule has 0 atom stereocenters. The highest BCUT2D eigenvalue weighted by atomic mass is 16.5. The molecule has 0 bridgehead atoms. The molecule has 0 saturated carbocycles. The van der Waals surface area contributed by atoms with Crippen molar-refractivity contribution in [3.05, 3.63) is 42.1 Å². The van der Waals surface area contributed by atoms with Crippen molar-refractivity contribution in [2.45, 2.75) is 6.54 Å². The molecule has 1 aliphatic rings. The van der Waals surface area contributed by atoms with E-state index in [1.54, 1.807) is 6.20 Å². The highest BCUT2D eigenvalue weighted by molar-refractivity contribution is 5.39. The van der Waals surface area contributed by atoms with Crippen LogP contribution in [0.15, 0.2) is 36.5 Å². The lowest BCUT2D eigenvalue weighted by atomic mass is 10.2. The van der Waals surface area contributed by atoms with Crippen molar-refractivity contribution in [2.75, 3.05) is 36.5 Å². The lowest BCUT2D eigenvalue weighted by Crippen LogP contribution is -2.37. The molecule has 1 aromatic heterocycles. The number of aromatic nitrogens is 3. The summed E-state index contributed by atoms with van der Waals surface area (Å²) in [6, 6.07) is 10.2. The van der Waals surface area contributed by atoms with E-state index in [4.69, 9.17) is 4.74 Å². The molecular weight excluding hydrogens is 254 g/mol. The Morgan fingerprint density at radius 1 is 1.15 bits per heavy atom. The Balaban J connectivity index is 1.65. The minimum absolute atomic E-state index is 0.659. The van der Waals surface area contributed by atoms with Crippen molar-refractivity contribution >= 4 is 11.8 Å². The van der Waals surface area contributed by atoms with Gasteiger partial charge in [-0.1, -0.05) is 30.3 Å². The molecule has 1 aliphatic heterocycles.